The summed E-state index contributed by atoms with van der Waals surface area (Å²) in [6, 6.07) is 11.6. The van der Waals surface area contributed by atoms with Gasteiger partial charge in [-0.3, -0.25) is 9.80 Å². The summed E-state index contributed by atoms with van der Waals surface area (Å²) in [4.78, 5) is 5.22. The van der Waals surface area contributed by atoms with Gasteiger partial charge in [0.2, 0.25) is 0 Å². The summed E-state index contributed by atoms with van der Waals surface area (Å²) in [6.07, 6.45) is 0. The zero-order chi connectivity index (χ0) is 15.3. The van der Waals surface area contributed by atoms with Gasteiger partial charge >= 0.3 is 0 Å². The first kappa shape index (κ1) is 16.5. The van der Waals surface area contributed by atoms with Crippen LogP contribution in [0, 0.1) is 0 Å². The SMILES string of the molecule is CCN1CCN(CC(C)(CNC)c2ccccc2)CC1C. The Hall–Kier alpha value is -0.900. The Morgan fingerprint density at radius 3 is 2.52 bits per heavy atom. The van der Waals surface area contributed by atoms with E-state index in [1.165, 1.54) is 31.7 Å². The lowest BCUT2D eigenvalue weighted by Gasteiger charge is -2.43. The minimum absolute atomic E-state index is 0.171. The van der Waals surface area contributed by atoms with E-state index in [4.69, 9.17) is 0 Å². The van der Waals surface area contributed by atoms with E-state index in [9.17, 15) is 0 Å². The van der Waals surface area contributed by atoms with Crippen LogP contribution in [0.2, 0.25) is 0 Å². The highest BCUT2D eigenvalue weighted by molar-refractivity contribution is 5.25. The first-order valence-electron chi connectivity index (χ1n) is 8.25. The van der Waals surface area contributed by atoms with Crippen molar-refractivity contribution in [2.45, 2.75) is 32.2 Å². The Labute approximate surface area is 130 Å². The van der Waals surface area contributed by atoms with Crippen molar-refractivity contribution in [1.29, 1.82) is 0 Å². The molecule has 21 heavy (non-hydrogen) atoms. The zero-order valence-electron chi connectivity index (χ0n) is 14.1. The highest BCUT2D eigenvalue weighted by atomic mass is 15.3. The van der Waals surface area contributed by atoms with E-state index in [0.29, 0.717) is 6.04 Å². The van der Waals surface area contributed by atoms with E-state index in [2.05, 4.69) is 73.3 Å². The average Bonchev–Trinajstić information content (AvgIpc) is 2.48. The lowest BCUT2D eigenvalue weighted by Crippen LogP contribution is -2.55. The third-order valence-electron chi connectivity index (χ3n) is 4.87. The van der Waals surface area contributed by atoms with Crippen LogP contribution >= 0.6 is 0 Å². The van der Waals surface area contributed by atoms with Gasteiger partial charge in [-0.1, -0.05) is 44.2 Å². The summed E-state index contributed by atoms with van der Waals surface area (Å²) in [7, 11) is 2.05. The minimum Gasteiger partial charge on any atom is -0.319 e. The molecule has 1 aromatic carbocycles. The molecule has 1 saturated heterocycles. The van der Waals surface area contributed by atoms with Crippen molar-refractivity contribution in [3.8, 4) is 0 Å². The summed E-state index contributed by atoms with van der Waals surface area (Å²) >= 11 is 0. The van der Waals surface area contributed by atoms with Crippen LogP contribution in [-0.2, 0) is 5.41 Å². The van der Waals surface area contributed by atoms with Crippen molar-refractivity contribution in [2.24, 2.45) is 0 Å². The molecule has 0 aromatic heterocycles. The maximum absolute atomic E-state index is 3.39. The minimum atomic E-state index is 0.171. The van der Waals surface area contributed by atoms with Crippen molar-refractivity contribution in [1.82, 2.24) is 15.1 Å². The van der Waals surface area contributed by atoms with Crippen molar-refractivity contribution < 1.29 is 0 Å². The number of hydrogen-bond donors (Lipinski definition) is 1. The number of nitrogens with zero attached hydrogens (tertiary/aromatic N) is 2. The van der Waals surface area contributed by atoms with Crippen LogP contribution in [0.4, 0.5) is 0 Å². The van der Waals surface area contributed by atoms with Gasteiger partial charge in [0, 0.05) is 44.2 Å². The molecule has 0 amide bonds. The van der Waals surface area contributed by atoms with Gasteiger partial charge in [-0.2, -0.15) is 0 Å². The van der Waals surface area contributed by atoms with Crippen LogP contribution in [-0.4, -0.2) is 62.2 Å². The predicted octanol–water partition coefficient (Wildman–Crippen LogP) is 2.19. The van der Waals surface area contributed by atoms with Gasteiger partial charge in [-0.25, -0.2) is 0 Å². The van der Waals surface area contributed by atoms with Gasteiger partial charge < -0.3 is 5.32 Å². The fourth-order valence-corrected chi connectivity index (χ4v) is 3.66. The molecule has 118 valence electrons. The zero-order valence-corrected chi connectivity index (χ0v) is 14.1. The van der Waals surface area contributed by atoms with Gasteiger partial charge in [0.05, 0.1) is 0 Å². The number of nitrogens with one attached hydrogen (secondary N) is 1. The van der Waals surface area contributed by atoms with E-state index in [0.717, 1.165) is 13.1 Å². The van der Waals surface area contributed by atoms with E-state index in [1.54, 1.807) is 0 Å². The Bertz CT molecular complexity index is 420. The van der Waals surface area contributed by atoms with Crippen LogP contribution in [0.15, 0.2) is 30.3 Å². The smallest absolute Gasteiger partial charge is 0.0195 e. The summed E-state index contributed by atoms with van der Waals surface area (Å²) in [5.74, 6) is 0. The summed E-state index contributed by atoms with van der Waals surface area (Å²) in [6.45, 7) is 13.9. The largest absolute Gasteiger partial charge is 0.319 e. The fraction of sp³-hybridized carbons (Fsp3) is 0.667. The Balaban J connectivity index is 2.07. The van der Waals surface area contributed by atoms with Crippen LogP contribution in [0.1, 0.15) is 26.3 Å². The molecular weight excluding hydrogens is 258 g/mol. The van der Waals surface area contributed by atoms with Crippen LogP contribution in [0.5, 0.6) is 0 Å². The molecule has 1 N–H and O–H groups in total. The fourth-order valence-electron chi connectivity index (χ4n) is 3.66. The van der Waals surface area contributed by atoms with E-state index >= 15 is 0 Å². The number of benzene rings is 1. The van der Waals surface area contributed by atoms with Crippen molar-refractivity contribution >= 4 is 0 Å². The molecule has 1 aromatic rings. The molecule has 2 atom stereocenters. The van der Waals surface area contributed by atoms with Gasteiger partial charge in [0.25, 0.3) is 0 Å². The van der Waals surface area contributed by atoms with E-state index in [1.807, 2.05) is 0 Å². The topological polar surface area (TPSA) is 18.5 Å². The molecule has 1 aliphatic heterocycles. The molecule has 2 unspecified atom stereocenters. The standard InChI is InChI=1S/C18H31N3/c1-5-21-12-11-20(13-16(21)2)15-18(3,14-19-4)17-9-7-6-8-10-17/h6-10,16,19H,5,11-15H2,1-4H3. The molecule has 0 aliphatic carbocycles. The number of rotatable bonds is 6. The average molecular weight is 289 g/mol. The number of piperazine rings is 1. The predicted molar refractivity (Wildman–Crippen MR) is 90.9 cm³/mol. The summed E-state index contributed by atoms with van der Waals surface area (Å²) in [5.41, 5.74) is 1.61. The molecule has 1 fully saturated rings. The maximum atomic E-state index is 3.39. The number of likely N-dealkylation sites (N-methyl/N-ethyl adjacent to an activating group) is 2. The molecule has 0 saturated carbocycles. The van der Waals surface area contributed by atoms with E-state index in [-0.39, 0.29) is 5.41 Å². The molecular formula is C18H31N3. The third-order valence-corrected chi connectivity index (χ3v) is 4.87. The first-order chi connectivity index (χ1) is 10.1. The lowest BCUT2D eigenvalue weighted by molar-refractivity contribution is 0.0731. The summed E-state index contributed by atoms with van der Waals surface area (Å²) < 4.78 is 0. The Morgan fingerprint density at radius 2 is 1.95 bits per heavy atom. The third kappa shape index (κ3) is 4.06. The van der Waals surface area contributed by atoms with E-state index < -0.39 is 0 Å². The first-order valence-corrected chi connectivity index (χ1v) is 8.25. The summed E-state index contributed by atoms with van der Waals surface area (Å²) in [5, 5.41) is 3.39. The van der Waals surface area contributed by atoms with Gasteiger partial charge in [-0.15, -0.1) is 0 Å². The second kappa shape index (κ2) is 7.39. The molecule has 1 heterocycles. The normalized spacial score (nSPS) is 23.9. The van der Waals surface area contributed by atoms with Crippen molar-refractivity contribution in [2.75, 3.05) is 46.3 Å². The maximum Gasteiger partial charge on any atom is 0.0195 e. The molecule has 0 spiro atoms. The Morgan fingerprint density at radius 1 is 1.24 bits per heavy atom. The molecule has 0 bridgehead atoms. The molecule has 0 radical (unpaired) electrons. The van der Waals surface area contributed by atoms with Crippen molar-refractivity contribution in [3.05, 3.63) is 35.9 Å². The van der Waals surface area contributed by atoms with Crippen molar-refractivity contribution in [3.63, 3.8) is 0 Å². The van der Waals surface area contributed by atoms with Gasteiger partial charge in [0.1, 0.15) is 0 Å². The van der Waals surface area contributed by atoms with Gasteiger partial charge in [-0.05, 0) is 26.1 Å². The number of hydrogen-bond acceptors (Lipinski definition) is 3. The second-order valence-corrected chi connectivity index (χ2v) is 6.67. The highest BCUT2D eigenvalue weighted by Crippen LogP contribution is 2.25. The van der Waals surface area contributed by atoms with Gasteiger partial charge in [0.15, 0.2) is 0 Å². The second-order valence-electron chi connectivity index (χ2n) is 6.67. The molecule has 3 nitrogen and oxygen atoms in total. The van der Waals surface area contributed by atoms with Crippen LogP contribution in [0.25, 0.3) is 0 Å². The van der Waals surface area contributed by atoms with Crippen LogP contribution in [0.3, 0.4) is 0 Å². The monoisotopic (exact) mass is 289 g/mol. The molecule has 1 aliphatic rings. The quantitative estimate of drug-likeness (QED) is 0.866. The lowest BCUT2D eigenvalue weighted by atomic mass is 9.81. The molecule has 2 rings (SSSR count). The van der Waals surface area contributed by atoms with Crippen LogP contribution < -0.4 is 5.32 Å². The molecule has 3 heteroatoms. The highest BCUT2D eigenvalue weighted by Gasteiger charge is 2.31. The Kier molecular flexibility index (Phi) is 5.80.